The fourth-order valence-corrected chi connectivity index (χ4v) is 1.22. The number of phenolic OH excluding ortho intramolecular Hbond substituents is 1. The maximum Gasteiger partial charge on any atom is 0.335 e. The van der Waals surface area contributed by atoms with Crippen LogP contribution in [0.2, 0.25) is 0 Å². The molecule has 6 nitrogen and oxygen atoms in total. The van der Waals surface area contributed by atoms with E-state index in [1.165, 1.54) is 12.1 Å². The highest BCUT2D eigenvalue weighted by atomic mass is 16.4. The Bertz CT molecular complexity index is 471. The van der Waals surface area contributed by atoms with Gasteiger partial charge in [-0.2, -0.15) is 0 Å². The Kier molecular flexibility index (Phi) is 4.74. The maximum atomic E-state index is 11.4. The summed E-state index contributed by atoms with van der Waals surface area (Å²) in [7, 11) is 0. The largest absolute Gasteiger partial charge is 0.506 e. The lowest BCUT2D eigenvalue weighted by Gasteiger charge is -2.08. The maximum absolute atomic E-state index is 11.4. The number of anilines is 1. The van der Waals surface area contributed by atoms with E-state index in [0.717, 1.165) is 6.07 Å². The molecule has 18 heavy (non-hydrogen) atoms. The van der Waals surface area contributed by atoms with E-state index >= 15 is 0 Å². The molecule has 0 saturated carbocycles. The SMILES string of the molecule is C=CCCNC(=O)Nc1ccc(C(=O)O)cc1O. The van der Waals surface area contributed by atoms with Gasteiger partial charge in [0, 0.05) is 6.54 Å². The van der Waals surface area contributed by atoms with E-state index in [2.05, 4.69) is 17.2 Å². The quantitative estimate of drug-likeness (QED) is 0.363. The summed E-state index contributed by atoms with van der Waals surface area (Å²) < 4.78 is 0. The molecule has 0 fully saturated rings. The summed E-state index contributed by atoms with van der Waals surface area (Å²) in [5, 5.41) is 23.2. The Morgan fingerprint density at radius 1 is 1.39 bits per heavy atom. The van der Waals surface area contributed by atoms with Crippen molar-refractivity contribution in [2.45, 2.75) is 6.42 Å². The van der Waals surface area contributed by atoms with Gasteiger partial charge in [0.1, 0.15) is 5.75 Å². The molecule has 0 aliphatic carbocycles. The Labute approximate surface area is 104 Å². The van der Waals surface area contributed by atoms with Crippen LogP contribution in [0.5, 0.6) is 5.75 Å². The van der Waals surface area contributed by atoms with Gasteiger partial charge in [-0.15, -0.1) is 6.58 Å². The van der Waals surface area contributed by atoms with Crippen LogP contribution in [-0.4, -0.2) is 28.8 Å². The van der Waals surface area contributed by atoms with E-state index < -0.39 is 12.0 Å². The number of urea groups is 1. The van der Waals surface area contributed by atoms with Gasteiger partial charge in [0.2, 0.25) is 0 Å². The number of carboxylic acid groups (broad SMARTS) is 1. The molecule has 0 atom stereocenters. The smallest absolute Gasteiger partial charge is 0.335 e. The van der Waals surface area contributed by atoms with Crippen LogP contribution in [0, 0.1) is 0 Å². The molecule has 1 aromatic carbocycles. The molecular weight excluding hydrogens is 236 g/mol. The Balaban J connectivity index is 2.65. The van der Waals surface area contributed by atoms with Gasteiger partial charge in [0.25, 0.3) is 0 Å². The van der Waals surface area contributed by atoms with Crippen LogP contribution < -0.4 is 10.6 Å². The van der Waals surface area contributed by atoms with Gasteiger partial charge in [-0.25, -0.2) is 9.59 Å². The van der Waals surface area contributed by atoms with E-state index in [9.17, 15) is 14.7 Å². The highest BCUT2D eigenvalue weighted by Gasteiger charge is 2.09. The minimum atomic E-state index is -1.15. The standard InChI is InChI=1S/C12H14N2O4/c1-2-3-6-13-12(18)14-9-5-4-8(11(16)17)7-10(9)15/h2,4-5,7,15H,1,3,6H2,(H,16,17)(H2,13,14,18). The van der Waals surface area contributed by atoms with Gasteiger partial charge in [-0.3, -0.25) is 0 Å². The Morgan fingerprint density at radius 2 is 2.11 bits per heavy atom. The van der Waals surface area contributed by atoms with Gasteiger partial charge in [-0.1, -0.05) is 6.08 Å². The first-order valence-electron chi connectivity index (χ1n) is 5.26. The molecule has 0 spiro atoms. The van der Waals surface area contributed by atoms with Crippen LogP contribution in [-0.2, 0) is 0 Å². The first kappa shape index (κ1) is 13.6. The second kappa shape index (κ2) is 6.29. The minimum Gasteiger partial charge on any atom is -0.506 e. The molecule has 96 valence electrons. The predicted octanol–water partition coefficient (Wildman–Crippen LogP) is 1.79. The average Bonchev–Trinajstić information content (AvgIpc) is 2.32. The number of carboxylic acids is 1. The number of amides is 2. The number of aromatic carboxylic acids is 1. The number of phenols is 1. The van der Waals surface area contributed by atoms with Crippen molar-refractivity contribution in [1.82, 2.24) is 5.32 Å². The first-order chi connectivity index (χ1) is 8.54. The lowest BCUT2D eigenvalue weighted by molar-refractivity contribution is 0.0696. The Morgan fingerprint density at radius 3 is 2.67 bits per heavy atom. The zero-order chi connectivity index (χ0) is 13.5. The van der Waals surface area contributed by atoms with Crippen molar-refractivity contribution in [3.05, 3.63) is 36.4 Å². The van der Waals surface area contributed by atoms with Crippen molar-refractivity contribution in [2.24, 2.45) is 0 Å². The van der Waals surface area contributed by atoms with Gasteiger partial charge in [0.05, 0.1) is 11.3 Å². The van der Waals surface area contributed by atoms with Crippen molar-refractivity contribution in [3.8, 4) is 5.75 Å². The van der Waals surface area contributed by atoms with E-state index in [0.29, 0.717) is 13.0 Å². The lowest BCUT2D eigenvalue weighted by Crippen LogP contribution is -2.29. The second-order valence-corrected chi connectivity index (χ2v) is 3.50. The van der Waals surface area contributed by atoms with Gasteiger partial charge < -0.3 is 20.8 Å². The number of rotatable bonds is 5. The highest BCUT2D eigenvalue weighted by molar-refractivity contribution is 5.93. The molecule has 0 bridgehead atoms. The third-order valence-corrected chi connectivity index (χ3v) is 2.13. The molecule has 6 heteroatoms. The molecule has 0 aliphatic rings. The van der Waals surface area contributed by atoms with E-state index in [1.807, 2.05) is 0 Å². The van der Waals surface area contributed by atoms with Crippen molar-refractivity contribution >= 4 is 17.7 Å². The van der Waals surface area contributed by atoms with E-state index in [4.69, 9.17) is 5.11 Å². The molecule has 0 aliphatic heterocycles. The third kappa shape index (κ3) is 3.82. The van der Waals surface area contributed by atoms with Crippen LogP contribution >= 0.6 is 0 Å². The molecule has 0 unspecified atom stereocenters. The predicted molar refractivity (Wildman–Crippen MR) is 66.9 cm³/mol. The zero-order valence-corrected chi connectivity index (χ0v) is 9.64. The summed E-state index contributed by atoms with van der Waals surface area (Å²) in [6, 6.07) is 3.21. The van der Waals surface area contributed by atoms with Gasteiger partial charge in [0.15, 0.2) is 0 Å². The molecule has 1 aromatic rings. The number of aromatic hydroxyl groups is 1. The number of carbonyl (C=O) groups excluding carboxylic acids is 1. The molecule has 0 radical (unpaired) electrons. The zero-order valence-electron chi connectivity index (χ0n) is 9.64. The molecule has 0 aromatic heterocycles. The first-order valence-corrected chi connectivity index (χ1v) is 5.26. The Hall–Kier alpha value is -2.50. The van der Waals surface area contributed by atoms with Crippen molar-refractivity contribution in [3.63, 3.8) is 0 Å². The summed E-state index contributed by atoms with van der Waals surface area (Å²) in [4.78, 5) is 22.0. The number of carbonyl (C=O) groups is 2. The number of hydrogen-bond donors (Lipinski definition) is 4. The van der Waals surface area contributed by atoms with Gasteiger partial charge in [-0.05, 0) is 24.6 Å². The molecule has 0 heterocycles. The molecule has 1 rings (SSSR count). The normalized spacial score (nSPS) is 9.56. The number of hydrogen-bond acceptors (Lipinski definition) is 3. The van der Waals surface area contributed by atoms with Crippen LogP contribution in [0.3, 0.4) is 0 Å². The fraction of sp³-hybridized carbons (Fsp3) is 0.167. The number of nitrogens with one attached hydrogen (secondary N) is 2. The molecular formula is C12H14N2O4. The fourth-order valence-electron chi connectivity index (χ4n) is 1.22. The van der Waals surface area contributed by atoms with Crippen LogP contribution in [0.1, 0.15) is 16.8 Å². The monoisotopic (exact) mass is 250 g/mol. The summed E-state index contributed by atoms with van der Waals surface area (Å²) in [5.74, 6) is -1.44. The van der Waals surface area contributed by atoms with Crippen LogP contribution in [0.4, 0.5) is 10.5 Å². The van der Waals surface area contributed by atoms with Crippen molar-refractivity contribution in [1.29, 1.82) is 0 Å². The van der Waals surface area contributed by atoms with Crippen LogP contribution in [0.15, 0.2) is 30.9 Å². The summed E-state index contributed by atoms with van der Waals surface area (Å²) in [5.41, 5.74) is 0.0984. The second-order valence-electron chi connectivity index (χ2n) is 3.50. The minimum absolute atomic E-state index is 0.0508. The third-order valence-electron chi connectivity index (χ3n) is 2.13. The van der Waals surface area contributed by atoms with Gasteiger partial charge >= 0.3 is 12.0 Å². The van der Waals surface area contributed by atoms with Crippen LogP contribution in [0.25, 0.3) is 0 Å². The molecule has 0 saturated heterocycles. The van der Waals surface area contributed by atoms with Crippen molar-refractivity contribution < 1.29 is 19.8 Å². The summed E-state index contributed by atoms with van der Waals surface area (Å²) >= 11 is 0. The summed E-state index contributed by atoms with van der Waals surface area (Å²) in [6.07, 6.45) is 2.30. The van der Waals surface area contributed by atoms with E-state index in [-0.39, 0.29) is 17.0 Å². The topological polar surface area (TPSA) is 98.7 Å². The molecule has 2 amide bonds. The van der Waals surface area contributed by atoms with Crippen molar-refractivity contribution in [2.75, 3.05) is 11.9 Å². The summed E-state index contributed by atoms with van der Waals surface area (Å²) in [6.45, 7) is 3.95. The average molecular weight is 250 g/mol. The lowest BCUT2D eigenvalue weighted by atomic mass is 10.2. The van der Waals surface area contributed by atoms with E-state index in [1.54, 1.807) is 6.08 Å². The highest BCUT2D eigenvalue weighted by Crippen LogP contribution is 2.24. The molecule has 4 N–H and O–H groups in total. The number of benzene rings is 1.